The minimum absolute atomic E-state index is 0.0344. The summed E-state index contributed by atoms with van der Waals surface area (Å²) in [5.41, 5.74) is -1.77. The first kappa shape index (κ1) is 31.9. The van der Waals surface area contributed by atoms with Gasteiger partial charge in [0, 0.05) is 7.11 Å². The second-order valence-electron chi connectivity index (χ2n) is 7.08. The van der Waals surface area contributed by atoms with Crippen LogP contribution in [0.1, 0.15) is 6.42 Å². The normalized spacial score (nSPS) is 11.2. The maximum absolute atomic E-state index is 12.3. The van der Waals surface area contributed by atoms with Crippen molar-refractivity contribution in [3.63, 3.8) is 0 Å². The van der Waals surface area contributed by atoms with E-state index in [-0.39, 0.29) is 31.3 Å². The molecule has 0 aliphatic heterocycles. The van der Waals surface area contributed by atoms with E-state index in [9.17, 15) is 34.6 Å². The Hall–Kier alpha value is -4.09. The van der Waals surface area contributed by atoms with Crippen molar-refractivity contribution < 1.29 is 57.4 Å². The zero-order valence-electron chi connectivity index (χ0n) is 21.0. The molecule has 1 unspecified atom stereocenters. The summed E-state index contributed by atoms with van der Waals surface area (Å²) in [6.45, 7) is 0.446. The monoisotopic (exact) mass is 547 g/mol. The number of ether oxygens (including phenoxy) is 7. The van der Waals surface area contributed by atoms with Crippen molar-refractivity contribution in [1.29, 1.82) is 0 Å². The quantitative estimate of drug-likeness (QED) is 0.106. The van der Waals surface area contributed by atoms with E-state index in [1.54, 1.807) is 0 Å². The fourth-order valence-corrected chi connectivity index (χ4v) is 2.70. The van der Waals surface area contributed by atoms with Crippen LogP contribution in [0.4, 0.5) is 11.4 Å². The van der Waals surface area contributed by atoms with Crippen LogP contribution in [0, 0.1) is 20.2 Å². The summed E-state index contributed by atoms with van der Waals surface area (Å²) in [6.07, 6.45) is -0.524. The third-order valence-corrected chi connectivity index (χ3v) is 4.50. The number of methoxy groups -OCH3 is 3. The van der Waals surface area contributed by atoms with Crippen LogP contribution in [-0.4, -0.2) is 101 Å². The first-order chi connectivity index (χ1) is 18.1. The van der Waals surface area contributed by atoms with Crippen molar-refractivity contribution in [3.05, 3.63) is 32.4 Å². The Bertz CT molecular complexity index is 971. The molecular weight excluding hydrogens is 518 g/mol. The molecule has 212 valence electrons. The highest BCUT2D eigenvalue weighted by Gasteiger charge is 2.29. The average molecular weight is 547 g/mol. The highest BCUT2D eigenvalue weighted by atomic mass is 16.6. The lowest BCUT2D eigenvalue weighted by atomic mass is 10.2. The maximum Gasteiger partial charge on any atom is 0.350 e. The molecule has 0 fully saturated rings. The highest BCUT2D eigenvalue weighted by molar-refractivity contribution is 5.88. The Labute approximate surface area is 216 Å². The largest absolute Gasteiger partial charge is 0.487 e. The van der Waals surface area contributed by atoms with Crippen molar-refractivity contribution >= 4 is 29.2 Å². The Kier molecular flexibility index (Phi) is 14.6. The topological polar surface area (TPSA) is 214 Å². The zero-order valence-corrected chi connectivity index (χ0v) is 21.0. The van der Waals surface area contributed by atoms with E-state index in [4.69, 9.17) is 23.7 Å². The van der Waals surface area contributed by atoms with Gasteiger partial charge in [0.1, 0.15) is 12.6 Å². The van der Waals surface area contributed by atoms with Gasteiger partial charge in [0.2, 0.25) is 0 Å². The Morgan fingerprint density at radius 2 is 1.34 bits per heavy atom. The van der Waals surface area contributed by atoms with Crippen LogP contribution < -0.4 is 14.8 Å². The molecule has 0 saturated heterocycles. The second kappa shape index (κ2) is 17.4. The van der Waals surface area contributed by atoms with Crippen molar-refractivity contribution in [3.8, 4) is 11.5 Å². The minimum Gasteiger partial charge on any atom is -0.487 e. The van der Waals surface area contributed by atoms with Gasteiger partial charge in [-0.3, -0.25) is 29.8 Å². The molecule has 1 aromatic carbocycles. The summed E-state index contributed by atoms with van der Waals surface area (Å²) in [5, 5.41) is 24.9. The summed E-state index contributed by atoms with van der Waals surface area (Å²) >= 11 is 0. The van der Waals surface area contributed by atoms with E-state index in [1.165, 1.54) is 7.11 Å². The van der Waals surface area contributed by atoms with Crippen molar-refractivity contribution in [1.82, 2.24) is 5.32 Å². The molecule has 0 aliphatic rings. The van der Waals surface area contributed by atoms with E-state index in [0.717, 1.165) is 26.4 Å². The van der Waals surface area contributed by atoms with Gasteiger partial charge in [-0.1, -0.05) is 0 Å². The van der Waals surface area contributed by atoms with E-state index in [0.29, 0.717) is 19.8 Å². The third-order valence-electron chi connectivity index (χ3n) is 4.50. The molecule has 0 heterocycles. The van der Waals surface area contributed by atoms with Crippen LogP contribution in [0.5, 0.6) is 11.5 Å². The maximum atomic E-state index is 12.3. The van der Waals surface area contributed by atoms with Crippen molar-refractivity contribution in [2.75, 3.05) is 67.6 Å². The van der Waals surface area contributed by atoms with Crippen LogP contribution in [0.3, 0.4) is 0 Å². The molecule has 0 bridgehead atoms. The number of hydrogen-bond donors (Lipinski definition) is 1. The van der Waals surface area contributed by atoms with Gasteiger partial charge in [-0.25, -0.2) is 4.79 Å². The number of amides is 1. The summed E-state index contributed by atoms with van der Waals surface area (Å²) in [7, 11) is 3.67. The van der Waals surface area contributed by atoms with Gasteiger partial charge in [-0.15, -0.1) is 0 Å². The predicted molar refractivity (Wildman–Crippen MR) is 125 cm³/mol. The van der Waals surface area contributed by atoms with Crippen molar-refractivity contribution in [2.45, 2.75) is 12.5 Å². The lowest BCUT2D eigenvalue weighted by Crippen LogP contribution is -2.44. The first-order valence-corrected chi connectivity index (χ1v) is 10.9. The van der Waals surface area contributed by atoms with Crippen LogP contribution in [0.25, 0.3) is 0 Å². The zero-order chi connectivity index (χ0) is 28.5. The molecular formula is C21H29N3O14. The smallest absolute Gasteiger partial charge is 0.350 e. The number of hydrogen-bond acceptors (Lipinski definition) is 14. The van der Waals surface area contributed by atoms with E-state index in [2.05, 4.69) is 14.8 Å². The lowest BCUT2D eigenvalue weighted by molar-refractivity contribution is -0.422. The number of benzene rings is 1. The Morgan fingerprint density at radius 3 is 1.84 bits per heavy atom. The fraction of sp³-hybridized carbons (Fsp3) is 0.571. The fourth-order valence-electron chi connectivity index (χ4n) is 2.70. The summed E-state index contributed by atoms with van der Waals surface area (Å²) < 4.78 is 35.1. The van der Waals surface area contributed by atoms with Crippen molar-refractivity contribution in [2.24, 2.45) is 0 Å². The van der Waals surface area contributed by atoms with Crippen LogP contribution >= 0.6 is 0 Å². The lowest BCUT2D eigenvalue weighted by Gasteiger charge is -2.16. The van der Waals surface area contributed by atoms with Crippen LogP contribution in [0.2, 0.25) is 0 Å². The molecule has 1 N–H and O–H groups in total. The molecule has 17 heteroatoms. The Balaban J connectivity index is 2.90. The molecule has 1 atom stereocenters. The van der Waals surface area contributed by atoms with Gasteiger partial charge < -0.3 is 38.5 Å². The molecule has 17 nitrogen and oxygen atoms in total. The van der Waals surface area contributed by atoms with E-state index < -0.39 is 58.1 Å². The number of carbonyl (C=O) groups is 3. The summed E-state index contributed by atoms with van der Waals surface area (Å²) in [6, 6.07) is 0.131. The number of nitrogens with one attached hydrogen (secondary N) is 1. The standard InChI is InChI=1S/C21H29N3O14/c1-32-4-5-35-6-7-36-8-9-37-17-11-15(23(28)29)16(24(30)31)12-18(17)38-13-19(25)22-14(21(27)34-3)10-20(26)33-2/h11-12,14H,4-10,13H2,1-3H3,(H,22,25). The summed E-state index contributed by atoms with van der Waals surface area (Å²) in [4.78, 5) is 56.3. The molecule has 0 aromatic heterocycles. The van der Waals surface area contributed by atoms with Crippen LogP contribution in [-0.2, 0) is 38.1 Å². The first-order valence-electron chi connectivity index (χ1n) is 10.9. The highest BCUT2D eigenvalue weighted by Crippen LogP contribution is 2.39. The predicted octanol–water partition coefficient (Wildman–Crippen LogP) is 0.161. The Morgan fingerprint density at radius 1 is 0.816 bits per heavy atom. The molecule has 0 spiro atoms. The van der Waals surface area contributed by atoms with Gasteiger partial charge in [0.05, 0.1) is 75.7 Å². The molecule has 38 heavy (non-hydrogen) atoms. The number of nitro groups is 2. The van der Waals surface area contributed by atoms with Gasteiger partial charge in [-0.05, 0) is 0 Å². The number of nitrogens with zero attached hydrogens (tertiary/aromatic N) is 2. The number of esters is 2. The van der Waals surface area contributed by atoms with Gasteiger partial charge in [0.25, 0.3) is 5.91 Å². The van der Waals surface area contributed by atoms with Gasteiger partial charge in [0.15, 0.2) is 18.1 Å². The number of nitro benzene ring substituents is 2. The van der Waals surface area contributed by atoms with E-state index in [1.807, 2.05) is 0 Å². The molecule has 0 aliphatic carbocycles. The number of rotatable bonds is 19. The van der Waals surface area contributed by atoms with E-state index >= 15 is 0 Å². The molecule has 1 rings (SSSR count). The SMILES string of the molecule is COCCOCCOCCOc1cc([N+](=O)[O-])c([N+](=O)[O-])cc1OCC(=O)NC(CC(=O)OC)C(=O)OC. The minimum atomic E-state index is -1.39. The molecule has 0 radical (unpaired) electrons. The molecule has 1 aromatic rings. The summed E-state index contributed by atoms with van der Waals surface area (Å²) in [5.74, 6) is -3.26. The second-order valence-corrected chi connectivity index (χ2v) is 7.08. The molecule has 0 saturated carbocycles. The number of carbonyl (C=O) groups excluding carboxylic acids is 3. The third kappa shape index (κ3) is 11.3. The van der Waals surface area contributed by atoms with Gasteiger partial charge >= 0.3 is 23.3 Å². The van der Waals surface area contributed by atoms with Gasteiger partial charge in [-0.2, -0.15) is 0 Å². The van der Waals surface area contributed by atoms with Crippen LogP contribution in [0.15, 0.2) is 12.1 Å². The average Bonchev–Trinajstić information content (AvgIpc) is 2.89. The molecule has 1 amide bonds.